The predicted molar refractivity (Wildman–Crippen MR) is 80.0 cm³/mol. The Morgan fingerprint density at radius 3 is 2.33 bits per heavy atom. The van der Waals surface area contributed by atoms with Crippen LogP contribution in [0.4, 0.5) is 0 Å². The van der Waals surface area contributed by atoms with E-state index in [0.29, 0.717) is 6.04 Å². The molecule has 0 spiro atoms. The van der Waals surface area contributed by atoms with Crippen LogP contribution in [0.3, 0.4) is 0 Å². The Morgan fingerprint density at radius 1 is 1.17 bits per heavy atom. The van der Waals surface area contributed by atoms with Crippen LogP contribution >= 0.6 is 0 Å². The first kappa shape index (κ1) is 15.9. The van der Waals surface area contributed by atoms with E-state index in [-0.39, 0.29) is 0 Å². The summed E-state index contributed by atoms with van der Waals surface area (Å²) in [5.74, 6) is 1.47. The zero-order valence-corrected chi connectivity index (χ0v) is 13.2. The molecule has 0 aromatic carbocycles. The lowest BCUT2D eigenvalue weighted by molar-refractivity contribution is 0.178. The van der Waals surface area contributed by atoms with Gasteiger partial charge in [0.1, 0.15) is 0 Å². The third kappa shape index (κ3) is 4.87. The molecule has 108 valence electrons. The lowest BCUT2D eigenvalue weighted by Crippen LogP contribution is -2.42. The van der Waals surface area contributed by atoms with Gasteiger partial charge in [0.2, 0.25) is 0 Å². The van der Waals surface area contributed by atoms with E-state index in [2.05, 4.69) is 56.9 Å². The Morgan fingerprint density at radius 2 is 1.83 bits per heavy atom. The van der Waals surface area contributed by atoms with Crippen LogP contribution in [0.1, 0.15) is 34.1 Å². The zero-order chi connectivity index (χ0) is 13.7. The van der Waals surface area contributed by atoms with Gasteiger partial charge in [0, 0.05) is 25.2 Å². The summed E-state index contributed by atoms with van der Waals surface area (Å²) >= 11 is 0. The number of likely N-dealkylation sites (N-methyl/N-ethyl adjacent to an activating group) is 1. The molecule has 1 aliphatic rings. The average molecular weight is 255 g/mol. The highest BCUT2D eigenvalue weighted by molar-refractivity contribution is 4.86. The standard InChI is InChI=1S/C15H33N3/c1-12(2)9-16-10-13(3)14(4)18-8-7-15(11-18)17(5)6/h12-16H,7-11H2,1-6H3. The van der Waals surface area contributed by atoms with Gasteiger partial charge in [-0.05, 0) is 52.4 Å². The van der Waals surface area contributed by atoms with Crippen molar-refractivity contribution >= 4 is 0 Å². The Balaban J connectivity index is 2.29. The largest absolute Gasteiger partial charge is 0.316 e. The van der Waals surface area contributed by atoms with Gasteiger partial charge in [-0.1, -0.05) is 20.8 Å². The maximum absolute atomic E-state index is 3.59. The summed E-state index contributed by atoms with van der Waals surface area (Å²) in [5, 5.41) is 3.59. The number of nitrogens with one attached hydrogen (secondary N) is 1. The van der Waals surface area contributed by atoms with Crippen LogP contribution in [0.25, 0.3) is 0 Å². The summed E-state index contributed by atoms with van der Waals surface area (Å²) in [7, 11) is 4.40. The summed E-state index contributed by atoms with van der Waals surface area (Å²) in [5.41, 5.74) is 0. The fourth-order valence-electron chi connectivity index (χ4n) is 2.69. The van der Waals surface area contributed by atoms with Crippen molar-refractivity contribution in [2.24, 2.45) is 11.8 Å². The lowest BCUT2D eigenvalue weighted by Gasteiger charge is -2.30. The molecule has 0 radical (unpaired) electrons. The molecule has 1 heterocycles. The summed E-state index contributed by atoms with van der Waals surface area (Å²) in [4.78, 5) is 5.03. The van der Waals surface area contributed by atoms with Crippen molar-refractivity contribution in [1.82, 2.24) is 15.1 Å². The minimum Gasteiger partial charge on any atom is -0.316 e. The molecule has 1 saturated heterocycles. The highest BCUT2D eigenvalue weighted by Gasteiger charge is 2.29. The molecule has 0 aromatic rings. The van der Waals surface area contributed by atoms with E-state index in [9.17, 15) is 0 Å². The van der Waals surface area contributed by atoms with Gasteiger partial charge in [0.05, 0.1) is 0 Å². The number of hydrogen-bond acceptors (Lipinski definition) is 3. The molecule has 0 bridgehead atoms. The molecule has 1 fully saturated rings. The molecule has 3 atom stereocenters. The fourth-order valence-corrected chi connectivity index (χ4v) is 2.69. The first-order valence-electron chi connectivity index (χ1n) is 7.53. The molecular formula is C15H33N3. The predicted octanol–water partition coefficient (Wildman–Crippen LogP) is 1.89. The van der Waals surface area contributed by atoms with Crippen LogP contribution < -0.4 is 5.32 Å². The van der Waals surface area contributed by atoms with Crippen molar-refractivity contribution in [2.75, 3.05) is 40.3 Å². The third-order valence-corrected chi connectivity index (χ3v) is 4.34. The summed E-state index contributed by atoms with van der Waals surface area (Å²) in [6.45, 7) is 14.1. The van der Waals surface area contributed by atoms with Gasteiger partial charge in [-0.15, -0.1) is 0 Å². The molecule has 1 N–H and O–H groups in total. The third-order valence-electron chi connectivity index (χ3n) is 4.34. The van der Waals surface area contributed by atoms with Crippen molar-refractivity contribution in [3.05, 3.63) is 0 Å². The van der Waals surface area contributed by atoms with Crippen molar-refractivity contribution < 1.29 is 0 Å². The maximum atomic E-state index is 3.59. The molecule has 18 heavy (non-hydrogen) atoms. The van der Waals surface area contributed by atoms with Gasteiger partial charge < -0.3 is 10.2 Å². The van der Waals surface area contributed by atoms with Gasteiger partial charge in [0.15, 0.2) is 0 Å². The lowest BCUT2D eigenvalue weighted by atomic mass is 10.0. The highest BCUT2D eigenvalue weighted by Crippen LogP contribution is 2.19. The van der Waals surface area contributed by atoms with Crippen LogP contribution in [0.15, 0.2) is 0 Å². The molecular weight excluding hydrogens is 222 g/mol. The summed E-state index contributed by atoms with van der Waals surface area (Å²) in [6, 6.07) is 1.44. The molecule has 0 saturated carbocycles. The van der Waals surface area contributed by atoms with Crippen LogP contribution in [-0.4, -0.2) is 62.2 Å². The fraction of sp³-hybridized carbons (Fsp3) is 1.00. The van der Waals surface area contributed by atoms with E-state index < -0.39 is 0 Å². The molecule has 1 aliphatic heterocycles. The van der Waals surface area contributed by atoms with Crippen LogP contribution in [0, 0.1) is 11.8 Å². The molecule has 3 heteroatoms. The van der Waals surface area contributed by atoms with Crippen LogP contribution in [0.2, 0.25) is 0 Å². The summed E-state index contributed by atoms with van der Waals surface area (Å²) in [6.07, 6.45) is 1.32. The minimum absolute atomic E-state index is 0.689. The second-order valence-electron chi connectivity index (χ2n) is 6.67. The number of likely N-dealkylation sites (tertiary alicyclic amines) is 1. The van der Waals surface area contributed by atoms with Crippen LogP contribution in [-0.2, 0) is 0 Å². The van der Waals surface area contributed by atoms with Gasteiger partial charge in [-0.3, -0.25) is 4.90 Å². The maximum Gasteiger partial charge on any atom is 0.0229 e. The van der Waals surface area contributed by atoms with Crippen molar-refractivity contribution in [2.45, 2.75) is 46.2 Å². The number of hydrogen-bond donors (Lipinski definition) is 1. The Bertz CT molecular complexity index is 228. The van der Waals surface area contributed by atoms with Gasteiger partial charge in [-0.25, -0.2) is 0 Å². The van der Waals surface area contributed by atoms with E-state index >= 15 is 0 Å². The molecule has 0 amide bonds. The molecule has 3 unspecified atom stereocenters. The summed E-state index contributed by atoms with van der Waals surface area (Å²) < 4.78 is 0. The second kappa shape index (κ2) is 7.46. The molecule has 0 aromatic heterocycles. The monoisotopic (exact) mass is 255 g/mol. The quantitative estimate of drug-likeness (QED) is 0.749. The normalized spacial score (nSPS) is 25.0. The molecule has 3 nitrogen and oxygen atoms in total. The first-order chi connectivity index (χ1) is 8.41. The van der Waals surface area contributed by atoms with Crippen LogP contribution in [0.5, 0.6) is 0 Å². The van der Waals surface area contributed by atoms with Crippen molar-refractivity contribution in [1.29, 1.82) is 0 Å². The number of nitrogens with zero attached hydrogens (tertiary/aromatic N) is 2. The zero-order valence-electron chi connectivity index (χ0n) is 13.2. The average Bonchev–Trinajstić information content (AvgIpc) is 2.76. The molecule has 1 rings (SSSR count). The minimum atomic E-state index is 0.689. The van der Waals surface area contributed by atoms with Gasteiger partial charge >= 0.3 is 0 Å². The van der Waals surface area contributed by atoms with Crippen molar-refractivity contribution in [3.63, 3.8) is 0 Å². The smallest absolute Gasteiger partial charge is 0.0229 e. The SMILES string of the molecule is CC(C)CNCC(C)C(C)N1CCC(N(C)C)C1. The van der Waals surface area contributed by atoms with E-state index in [1.807, 2.05) is 0 Å². The Labute approximate surface area is 114 Å². The molecule has 0 aliphatic carbocycles. The highest BCUT2D eigenvalue weighted by atomic mass is 15.2. The Kier molecular flexibility index (Phi) is 6.61. The van der Waals surface area contributed by atoms with Gasteiger partial charge in [-0.2, -0.15) is 0 Å². The number of rotatable bonds is 7. The topological polar surface area (TPSA) is 18.5 Å². The van der Waals surface area contributed by atoms with E-state index in [4.69, 9.17) is 0 Å². The second-order valence-corrected chi connectivity index (χ2v) is 6.67. The van der Waals surface area contributed by atoms with Crippen molar-refractivity contribution in [3.8, 4) is 0 Å². The van der Waals surface area contributed by atoms with E-state index in [1.54, 1.807) is 0 Å². The van der Waals surface area contributed by atoms with Gasteiger partial charge in [0.25, 0.3) is 0 Å². The Hall–Kier alpha value is -0.120. The van der Waals surface area contributed by atoms with E-state index in [1.165, 1.54) is 19.5 Å². The van der Waals surface area contributed by atoms with E-state index in [0.717, 1.165) is 31.0 Å². The first-order valence-corrected chi connectivity index (χ1v) is 7.53.